The highest BCUT2D eigenvalue weighted by Crippen LogP contribution is 2.22. The average molecular weight is 194 g/mol. The first-order chi connectivity index (χ1) is 6.20. The number of aryl methyl sites for hydroxylation is 1. The summed E-state index contributed by atoms with van der Waals surface area (Å²) in [5.74, 6) is -0.342. The van der Waals surface area contributed by atoms with Crippen LogP contribution in [0.4, 0.5) is 4.39 Å². The normalized spacial score (nSPS) is 10.6. The number of halogens is 1. The Kier molecular flexibility index (Phi) is 1.84. The fourth-order valence-corrected chi connectivity index (χ4v) is 1.90. The van der Waals surface area contributed by atoms with E-state index in [1.807, 2.05) is 6.92 Å². The van der Waals surface area contributed by atoms with Crippen LogP contribution in [-0.2, 0) is 0 Å². The summed E-state index contributed by atoms with van der Waals surface area (Å²) in [7, 11) is 0. The number of fused-ring (bicyclic) bond motifs is 1. The molecule has 0 aromatic carbocycles. The number of aromatic nitrogens is 2. The van der Waals surface area contributed by atoms with Gasteiger partial charge in [0.1, 0.15) is 11.5 Å². The van der Waals surface area contributed by atoms with Gasteiger partial charge in [0.15, 0.2) is 5.65 Å². The van der Waals surface area contributed by atoms with Gasteiger partial charge in [-0.05, 0) is 19.1 Å². The molecule has 0 N–H and O–H groups in total. The first kappa shape index (κ1) is 8.31. The van der Waals surface area contributed by atoms with Gasteiger partial charge in [0, 0.05) is 0 Å². The number of pyridine rings is 1. The molecule has 2 heterocycles. The Labute approximate surface area is 78.8 Å². The predicted molar refractivity (Wildman–Crippen MR) is 52.2 cm³/mol. The molecule has 0 atom stereocenters. The van der Waals surface area contributed by atoms with E-state index in [-0.39, 0.29) is 11.5 Å². The van der Waals surface area contributed by atoms with Crippen molar-refractivity contribution in [2.24, 2.45) is 0 Å². The van der Waals surface area contributed by atoms with Crippen LogP contribution in [0.1, 0.15) is 10.7 Å². The number of rotatable bonds is 1. The third-order valence-corrected chi connectivity index (χ3v) is 2.57. The van der Waals surface area contributed by atoms with Gasteiger partial charge in [-0.2, -0.15) is 0 Å². The maximum absolute atomic E-state index is 13.2. The molecule has 2 rings (SSSR count). The summed E-state index contributed by atoms with van der Waals surface area (Å²) in [5, 5.41) is 0.892. The van der Waals surface area contributed by atoms with Gasteiger partial charge in [-0.25, -0.2) is 14.4 Å². The van der Waals surface area contributed by atoms with E-state index in [2.05, 4.69) is 16.5 Å². The standard InChI is InChI=1S/C9H7FN2S/c1-3-7-6(10)4-8-9(12-7)11-5(2)13-8/h3-4H,1H2,2H3. The van der Waals surface area contributed by atoms with E-state index in [0.717, 1.165) is 9.71 Å². The summed E-state index contributed by atoms with van der Waals surface area (Å²) in [6.45, 7) is 5.35. The smallest absolute Gasteiger partial charge is 0.171 e. The maximum Gasteiger partial charge on any atom is 0.171 e. The van der Waals surface area contributed by atoms with Gasteiger partial charge < -0.3 is 0 Å². The van der Waals surface area contributed by atoms with E-state index in [4.69, 9.17) is 0 Å². The van der Waals surface area contributed by atoms with Crippen LogP contribution in [0.2, 0.25) is 0 Å². The Bertz CT molecular complexity index is 476. The lowest BCUT2D eigenvalue weighted by molar-refractivity contribution is 0.621. The van der Waals surface area contributed by atoms with E-state index in [0.29, 0.717) is 5.65 Å². The predicted octanol–water partition coefficient (Wildman–Crippen LogP) is 2.78. The second kappa shape index (κ2) is 2.88. The molecule has 66 valence electrons. The third kappa shape index (κ3) is 1.33. The van der Waals surface area contributed by atoms with Crippen LogP contribution in [0.3, 0.4) is 0 Å². The summed E-state index contributed by atoms with van der Waals surface area (Å²) < 4.78 is 14.0. The van der Waals surface area contributed by atoms with Crippen molar-refractivity contribution < 1.29 is 4.39 Å². The Balaban J connectivity index is 2.79. The van der Waals surface area contributed by atoms with E-state index in [1.165, 1.54) is 23.5 Å². The monoisotopic (exact) mass is 194 g/mol. The summed E-state index contributed by atoms with van der Waals surface area (Å²) >= 11 is 1.44. The summed E-state index contributed by atoms with van der Waals surface area (Å²) in [6, 6.07) is 1.45. The molecule has 0 bridgehead atoms. The van der Waals surface area contributed by atoms with Gasteiger partial charge in [-0.1, -0.05) is 6.58 Å². The van der Waals surface area contributed by atoms with Crippen molar-refractivity contribution in [3.8, 4) is 0 Å². The number of hydrogen-bond donors (Lipinski definition) is 0. The fourth-order valence-electron chi connectivity index (χ4n) is 1.11. The number of thiazole rings is 1. The molecule has 2 aromatic heterocycles. The zero-order chi connectivity index (χ0) is 9.42. The average Bonchev–Trinajstić information content (AvgIpc) is 2.42. The molecule has 0 unspecified atom stereocenters. The fraction of sp³-hybridized carbons (Fsp3) is 0.111. The minimum absolute atomic E-state index is 0.262. The second-order valence-corrected chi connectivity index (χ2v) is 3.85. The van der Waals surface area contributed by atoms with Gasteiger partial charge >= 0.3 is 0 Å². The summed E-state index contributed by atoms with van der Waals surface area (Å²) in [6.07, 6.45) is 1.39. The molecule has 0 saturated carbocycles. The van der Waals surface area contributed by atoms with Crippen LogP contribution < -0.4 is 0 Å². The second-order valence-electron chi connectivity index (χ2n) is 2.61. The first-order valence-electron chi connectivity index (χ1n) is 3.77. The Morgan fingerprint density at radius 1 is 1.54 bits per heavy atom. The molecule has 2 nitrogen and oxygen atoms in total. The molecule has 0 amide bonds. The molecule has 0 aliphatic carbocycles. The molecule has 0 spiro atoms. The Morgan fingerprint density at radius 3 is 3.00 bits per heavy atom. The third-order valence-electron chi connectivity index (χ3n) is 1.66. The van der Waals surface area contributed by atoms with Crippen molar-refractivity contribution in [3.05, 3.63) is 29.2 Å². The maximum atomic E-state index is 13.2. The zero-order valence-corrected chi connectivity index (χ0v) is 7.86. The van der Waals surface area contributed by atoms with Crippen LogP contribution in [0, 0.1) is 12.7 Å². The molecule has 0 aliphatic rings. The van der Waals surface area contributed by atoms with Crippen LogP contribution >= 0.6 is 11.3 Å². The highest BCUT2D eigenvalue weighted by molar-refractivity contribution is 7.18. The molecule has 0 radical (unpaired) electrons. The van der Waals surface area contributed by atoms with Gasteiger partial charge in [-0.3, -0.25) is 0 Å². The van der Waals surface area contributed by atoms with Crippen LogP contribution in [0.5, 0.6) is 0 Å². The van der Waals surface area contributed by atoms with Crippen molar-refractivity contribution >= 4 is 27.8 Å². The quantitative estimate of drug-likeness (QED) is 0.697. The van der Waals surface area contributed by atoms with Crippen LogP contribution in [-0.4, -0.2) is 9.97 Å². The highest BCUT2D eigenvalue weighted by Gasteiger charge is 2.06. The first-order valence-corrected chi connectivity index (χ1v) is 4.58. The topological polar surface area (TPSA) is 25.8 Å². The van der Waals surface area contributed by atoms with E-state index < -0.39 is 0 Å². The molecule has 2 aromatic rings. The van der Waals surface area contributed by atoms with Crippen LogP contribution in [0.15, 0.2) is 12.6 Å². The zero-order valence-electron chi connectivity index (χ0n) is 7.04. The van der Waals surface area contributed by atoms with Crippen molar-refractivity contribution in [3.63, 3.8) is 0 Å². The van der Waals surface area contributed by atoms with Crippen molar-refractivity contribution in [1.29, 1.82) is 0 Å². The molecule has 0 saturated heterocycles. The van der Waals surface area contributed by atoms with E-state index >= 15 is 0 Å². The molecule has 0 aliphatic heterocycles. The van der Waals surface area contributed by atoms with E-state index in [9.17, 15) is 4.39 Å². The molecule has 0 fully saturated rings. The van der Waals surface area contributed by atoms with Gasteiger partial charge in [-0.15, -0.1) is 11.3 Å². The van der Waals surface area contributed by atoms with Crippen molar-refractivity contribution in [2.45, 2.75) is 6.92 Å². The minimum Gasteiger partial charge on any atom is -0.225 e. The SMILES string of the molecule is C=Cc1nc2nc(C)sc2cc1F. The number of nitrogens with zero attached hydrogens (tertiary/aromatic N) is 2. The molecular weight excluding hydrogens is 187 g/mol. The largest absolute Gasteiger partial charge is 0.225 e. The molecule has 4 heteroatoms. The Morgan fingerprint density at radius 2 is 2.31 bits per heavy atom. The lowest BCUT2D eigenvalue weighted by atomic mass is 10.3. The highest BCUT2D eigenvalue weighted by atomic mass is 32.1. The molecule has 13 heavy (non-hydrogen) atoms. The minimum atomic E-state index is -0.342. The Hall–Kier alpha value is -1.29. The molecular formula is C9H7FN2S. The summed E-state index contributed by atoms with van der Waals surface area (Å²) in [4.78, 5) is 8.18. The van der Waals surface area contributed by atoms with Gasteiger partial charge in [0.25, 0.3) is 0 Å². The lowest BCUT2D eigenvalue weighted by Crippen LogP contribution is -1.87. The van der Waals surface area contributed by atoms with E-state index in [1.54, 1.807) is 0 Å². The van der Waals surface area contributed by atoms with Gasteiger partial charge in [0.2, 0.25) is 0 Å². The van der Waals surface area contributed by atoms with Crippen LogP contribution in [0.25, 0.3) is 16.4 Å². The number of hydrogen-bond acceptors (Lipinski definition) is 3. The lowest BCUT2D eigenvalue weighted by Gasteiger charge is -1.93. The van der Waals surface area contributed by atoms with Crippen molar-refractivity contribution in [2.75, 3.05) is 0 Å². The van der Waals surface area contributed by atoms with Crippen molar-refractivity contribution in [1.82, 2.24) is 9.97 Å². The van der Waals surface area contributed by atoms with Gasteiger partial charge in [0.05, 0.1) is 9.71 Å². The summed E-state index contributed by atoms with van der Waals surface area (Å²) in [5.41, 5.74) is 0.858.